The molecule has 0 bridgehead atoms. The molecule has 0 aromatic heterocycles. The Bertz CT molecular complexity index is 1050. The smallest absolute Gasteiger partial charge is 0.266 e. The van der Waals surface area contributed by atoms with Crippen molar-refractivity contribution in [2.24, 2.45) is 4.99 Å². The first kappa shape index (κ1) is 17.8. The molecule has 1 aliphatic rings. The third kappa shape index (κ3) is 3.11. The van der Waals surface area contributed by atoms with E-state index in [9.17, 15) is 17.2 Å². The number of rotatable bonds is 3. The van der Waals surface area contributed by atoms with E-state index >= 15 is 0 Å². The number of nitrogens with one attached hydrogen (secondary N) is 2. The molecule has 0 aliphatic carbocycles. The summed E-state index contributed by atoms with van der Waals surface area (Å²) >= 11 is 0. The Morgan fingerprint density at radius 1 is 1.19 bits per heavy atom. The molecule has 0 saturated carbocycles. The van der Waals surface area contributed by atoms with Crippen molar-refractivity contribution >= 4 is 21.7 Å². The molecule has 0 spiro atoms. The fourth-order valence-corrected chi connectivity index (χ4v) is 4.00. The van der Waals surface area contributed by atoms with E-state index in [4.69, 9.17) is 5.26 Å². The van der Waals surface area contributed by atoms with Gasteiger partial charge in [0.25, 0.3) is 10.0 Å². The second-order valence-electron chi connectivity index (χ2n) is 5.63. The fourth-order valence-electron chi connectivity index (χ4n) is 2.84. The van der Waals surface area contributed by atoms with Crippen molar-refractivity contribution in [2.45, 2.75) is 17.7 Å². The number of sulfonamides is 1. The van der Waals surface area contributed by atoms with E-state index in [-0.39, 0.29) is 34.2 Å². The van der Waals surface area contributed by atoms with E-state index in [1.807, 2.05) is 0 Å². The highest BCUT2D eigenvalue weighted by Crippen LogP contribution is 2.38. The number of nitrogens with zero attached hydrogens (tertiary/aromatic N) is 2. The van der Waals surface area contributed by atoms with Gasteiger partial charge in [-0.15, -0.1) is 0 Å². The molecule has 9 heteroatoms. The molecule has 2 N–H and O–H groups in total. The highest BCUT2D eigenvalue weighted by Gasteiger charge is 2.32. The summed E-state index contributed by atoms with van der Waals surface area (Å²) in [6.07, 6.45) is 0. The molecule has 0 amide bonds. The summed E-state index contributed by atoms with van der Waals surface area (Å²) in [5.74, 6) is -2.15. The lowest BCUT2D eigenvalue weighted by molar-refractivity contribution is 0.577. The van der Waals surface area contributed by atoms with Gasteiger partial charge in [-0.25, -0.2) is 26.9 Å². The Kier molecular flexibility index (Phi) is 4.61. The monoisotopic (exact) mass is 376 g/mol. The number of hydrogen-bond acceptors (Lipinski definition) is 4. The molecule has 2 aromatic carbocycles. The van der Waals surface area contributed by atoms with Crippen LogP contribution in [0.25, 0.3) is 0 Å². The maximum atomic E-state index is 14.6. The van der Waals surface area contributed by atoms with Crippen molar-refractivity contribution < 1.29 is 17.2 Å². The summed E-state index contributed by atoms with van der Waals surface area (Å²) in [6, 6.07) is 9.82. The van der Waals surface area contributed by atoms with Crippen molar-refractivity contribution in [1.82, 2.24) is 4.72 Å². The molecule has 1 unspecified atom stereocenters. The molecule has 0 radical (unpaired) electrons. The topological polar surface area (TPSA) is 94.3 Å². The van der Waals surface area contributed by atoms with Gasteiger partial charge in [-0.3, -0.25) is 0 Å². The van der Waals surface area contributed by atoms with Gasteiger partial charge < -0.3 is 5.32 Å². The number of fused-ring (bicyclic) bond motifs is 1. The SMILES string of the molecule is CC(c1ccccc1F)c1c(F)ccc2c1NC(=NCC#N)NS2(=O)=O. The Balaban J connectivity index is 2.20. The van der Waals surface area contributed by atoms with Gasteiger partial charge in [-0.05, 0) is 23.8 Å². The molecule has 134 valence electrons. The first-order valence-corrected chi connectivity index (χ1v) is 9.11. The number of aliphatic imine (C=N–C) groups is 1. The molecular formula is C17H14F2N4O2S. The predicted molar refractivity (Wildman–Crippen MR) is 92.2 cm³/mol. The van der Waals surface area contributed by atoms with Crippen molar-refractivity contribution in [2.75, 3.05) is 11.9 Å². The molecule has 0 saturated heterocycles. The zero-order valence-electron chi connectivity index (χ0n) is 13.6. The first-order chi connectivity index (χ1) is 12.3. The number of nitriles is 1. The van der Waals surface area contributed by atoms with Gasteiger partial charge in [0.2, 0.25) is 5.96 Å². The lowest BCUT2D eigenvalue weighted by Crippen LogP contribution is -2.41. The van der Waals surface area contributed by atoms with Gasteiger partial charge in [0, 0.05) is 11.5 Å². The van der Waals surface area contributed by atoms with Crippen LogP contribution in [0, 0.1) is 23.0 Å². The standard InChI is InChI=1S/C17H14F2N4O2S/c1-10(11-4-2-3-5-12(11)18)15-13(19)6-7-14-16(15)22-17(21-9-8-20)23-26(14,24)25/h2-7,10H,9H2,1H3,(H2,21,22,23). The van der Waals surface area contributed by atoms with Crippen LogP contribution < -0.4 is 10.0 Å². The van der Waals surface area contributed by atoms with E-state index in [0.717, 1.165) is 12.1 Å². The predicted octanol–water partition coefficient (Wildman–Crippen LogP) is 2.70. The number of anilines is 1. The molecule has 1 heterocycles. The van der Waals surface area contributed by atoms with Crippen LogP contribution in [0.2, 0.25) is 0 Å². The minimum Gasteiger partial charge on any atom is -0.324 e. The Labute approximate surface area is 149 Å². The normalized spacial score (nSPS) is 17.5. The van der Waals surface area contributed by atoms with Crippen LogP contribution in [0.4, 0.5) is 14.5 Å². The molecule has 6 nitrogen and oxygen atoms in total. The van der Waals surface area contributed by atoms with Gasteiger partial charge in [0.05, 0.1) is 11.8 Å². The van der Waals surface area contributed by atoms with E-state index in [2.05, 4.69) is 15.0 Å². The summed E-state index contributed by atoms with van der Waals surface area (Å²) in [7, 11) is -4.00. The molecule has 0 fully saturated rings. The third-order valence-electron chi connectivity index (χ3n) is 4.03. The summed E-state index contributed by atoms with van der Waals surface area (Å²) in [5, 5.41) is 11.3. The second-order valence-corrected chi connectivity index (χ2v) is 7.28. The van der Waals surface area contributed by atoms with Crippen molar-refractivity contribution in [3.05, 3.63) is 59.2 Å². The third-order valence-corrected chi connectivity index (χ3v) is 5.41. The van der Waals surface area contributed by atoms with Gasteiger partial charge in [-0.2, -0.15) is 5.26 Å². The average molecular weight is 376 g/mol. The quantitative estimate of drug-likeness (QED) is 0.806. The lowest BCUT2D eigenvalue weighted by Gasteiger charge is -2.26. The van der Waals surface area contributed by atoms with Gasteiger partial charge in [-0.1, -0.05) is 25.1 Å². The first-order valence-electron chi connectivity index (χ1n) is 7.63. The Morgan fingerprint density at radius 2 is 1.92 bits per heavy atom. The summed E-state index contributed by atoms with van der Waals surface area (Å²) in [6.45, 7) is 1.30. The summed E-state index contributed by atoms with van der Waals surface area (Å²) in [4.78, 5) is 3.60. The van der Waals surface area contributed by atoms with E-state index in [1.54, 1.807) is 19.1 Å². The maximum absolute atomic E-state index is 14.6. The lowest BCUT2D eigenvalue weighted by atomic mass is 9.91. The molecule has 26 heavy (non-hydrogen) atoms. The number of benzene rings is 2. The summed E-state index contributed by atoms with van der Waals surface area (Å²) in [5.41, 5.74) is 0.214. The average Bonchev–Trinajstić information content (AvgIpc) is 2.59. The van der Waals surface area contributed by atoms with Crippen molar-refractivity contribution in [3.63, 3.8) is 0 Å². The number of guanidine groups is 1. The van der Waals surface area contributed by atoms with E-state index < -0.39 is 27.6 Å². The van der Waals surface area contributed by atoms with Gasteiger partial charge >= 0.3 is 0 Å². The molecule has 2 aromatic rings. The van der Waals surface area contributed by atoms with Crippen LogP contribution in [0.5, 0.6) is 0 Å². The second kappa shape index (κ2) is 6.72. The zero-order valence-corrected chi connectivity index (χ0v) is 14.4. The van der Waals surface area contributed by atoms with Gasteiger partial charge in [0.15, 0.2) is 0 Å². The highest BCUT2D eigenvalue weighted by atomic mass is 32.2. The highest BCUT2D eigenvalue weighted by molar-refractivity contribution is 7.90. The van der Waals surface area contributed by atoms with E-state index in [1.165, 1.54) is 18.2 Å². The minimum atomic E-state index is -4.00. The van der Waals surface area contributed by atoms with Crippen molar-refractivity contribution in [1.29, 1.82) is 5.26 Å². The molecular weight excluding hydrogens is 362 g/mol. The van der Waals surface area contributed by atoms with Crippen molar-refractivity contribution in [3.8, 4) is 6.07 Å². The van der Waals surface area contributed by atoms with E-state index in [0.29, 0.717) is 0 Å². The maximum Gasteiger partial charge on any atom is 0.266 e. The van der Waals surface area contributed by atoms with Crippen LogP contribution in [0.15, 0.2) is 46.3 Å². The molecule has 1 aliphatic heterocycles. The molecule has 3 rings (SSSR count). The number of hydrogen-bond donors (Lipinski definition) is 2. The van der Waals surface area contributed by atoms with Gasteiger partial charge in [0.1, 0.15) is 23.1 Å². The Hall–Kier alpha value is -2.99. The van der Waals surface area contributed by atoms with Crippen LogP contribution in [-0.4, -0.2) is 20.9 Å². The number of halogens is 2. The van der Waals surface area contributed by atoms with Crippen LogP contribution in [-0.2, 0) is 10.0 Å². The largest absolute Gasteiger partial charge is 0.324 e. The van der Waals surface area contributed by atoms with Crippen LogP contribution in [0.1, 0.15) is 24.0 Å². The summed E-state index contributed by atoms with van der Waals surface area (Å²) < 4.78 is 55.8. The molecule has 1 atom stereocenters. The Morgan fingerprint density at radius 3 is 2.62 bits per heavy atom. The van der Waals surface area contributed by atoms with Crippen LogP contribution in [0.3, 0.4) is 0 Å². The zero-order chi connectivity index (χ0) is 18.9. The minimum absolute atomic E-state index is 0.00216. The fraction of sp³-hybridized carbons (Fsp3) is 0.176. The van der Waals surface area contributed by atoms with Crippen LogP contribution >= 0.6 is 0 Å².